The summed E-state index contributed by atoms with van der Waals surface area (Å²) in [6, 6.07) is 13.6. The van der Waals surface area contributed by atoms with Gasteiger partial charge in [0.15, 0.2) is 0 Å². The number of aryl methyl sites for hydroxylation is 1. The van der Waals surface area contributed by atoms with Crippen LogP contribution in [-0.4, -0.2) is 32.1 Å². The average Bonchev–Trinajstić information content (AvgIpc) is 2.55. The number of amides is 1. The number of nitrogens with zero attached hydrogens (tertiary/aromatic N) is 1. The summed E-state index contributed by atoms with van der Waals surface area (Å²) in [6.45, 7) is 2.50. The first-order chi connectivity index (χ1) is 11.0. The second-order valence-electron chi connectivity index (χ2n) is 5.54. The molecular formula is C19H23NO3. The highest BCUT2D eigenvalue weighted by Crippen LogP contribution is 2.21. The predicted molar refractivity (Wildman–Crippen MR) is 90.9 cm³/mol. The molecule has 2 aromatic carbocycles. The lowest BCUT2D eigenvalue weighted by atomic mass is 10.1. The van der Waals surface area contributed by atoms with Crippen molar-refractivity contribution in [2.75, 3.05) is 21.3 Å². The van der Waals surface area contributed by atoms with Crippen LogP contribution in [0.25, 0.3) is 0 Å². The molecule has 0 atom stereocenters. The summed E-state index contributed by atoms with van der Waals surface area (Å²) < 4.78 is 10.6. The molecule has 23 heavy (non-hydrogen) atoms. The number of hydrogen-bond donors (Lipinski definition) is 0. The maximum absolute atomic E-state index is 12.4. The smallest absolute Gasteiger partial charge is 0.227 e. The highest BCUT2D eigenvalue weighted by Gasteiger charge is 2.13. The molecule has 122 valence electrons. The van der Waals surface area contributed by atoms with E-state index >= 15 is 0 Å². The van der Waals surface area contributed by atoms with E-state index in [4.69, 9.17) is 9.47 Å². The van der Waals surface area contributed by atoms with Crippen LogP contribution in [0.2, 0.25) is 0 Å². The zero-order valence-electron chi connectivity index (χ0n) is 14.1. The molecule has 0 unspecified atom stereocenters. The van der Waals surface area contributed by atoms with E-state index in [1.165, 1.54) is 0 Å². The summed E-state index contributed by atoms with van der Waals surface area (Å²) in [5.74, 6) is 1.71. The fourth-order valence-corrected chi connectivity index (χ4v) is 2.54. The number of rotatable bonds is 6. The SMILES string of the molecule is COc1ccc(CC(=O)N(C)Cc2ccccc2OC)cc1C. The average molecular weight is 313 g/mol. The molecule has 2 rings (SSSR count). The number of carbonyl (C=O) groups is 1. The minimum Gasteiger partial charge on any atom is -0.496 e. The molecule has 0 saturated carbocycles. The first-order valence-electron chi connectivity index (χ1n) is 7.54. The topological polar surface area (TPSA) is 38.8 Å². The van der Waals surface area contributed by atoms with Crippen molar-refractivity contribution in [3.05, 3.63) is 59.2 Å². The van der Waals surface area contributed by atoms with Crippen molar-refractivity contribution < 1.29 is 14.3 Å². The molecule has 0 saturated heterocycles. The van der Waals surface area contributed by atoms with Crippen LogP contribution in [0.5, 0.6) is 11.5 Å². The molecule has 0 fully saturated rings. The third-order valence-electron chi connectivity index (χ3n) is 3.84. The van der Waals surface area contributed by atoms with E-state index in [9.17, 15) is 4.79 Å². The van der Waals surface area contributed by atoms with Crippen LogP contribution in [0.1, 0.15) is 16.7 Å². The molecular weight excluding hydrogens is 290 g/mol. The molecule has 2 aromatic rings. The summed E-state index contributed by atoms with van der Waals surface area (Å²) >= 11 is 0. The lowest BCUT2D eigenvalue weighted by Gasteiger charge is -2.19. The van der Waals surface area contributed by atoms with Gasteiger partial charge in [-0.05, 0) is 30.2 Å². The first-order valence-corrected chi connectivity index (χ1v) is 7.54. The van der Waals surface area contributed by atoms with Crippen LogP contribution in [0.3, 0.4) is 0 Å². The number of ether oxygens (including phenoxy) is 2. The molecule has 0 aliphatic heterocycles. The number of hydrogen-bond acceptors (Lipinski definition) is 3. The molecule has 0 heterocycles. The number of para-hydroxylation sites is 1. The van der Waals surface area contributed by atoms with Crippen LogP contribution >= 0.6 is 0 Å². The molecule has 0 aliphatic rings. The van der Waals surface area contributed by atoms with Crippen molar-refractivity contribution >= 4 is 5.91 Å². The Bertz CT molecular complexity index is 682. The summed E-state index contributed by atoms with van der Waals surface area (Å²) in [5.41, 5.74) is 3.02. The number of carbonyl (C=O) groups excluding carboxylic acids is 1. The normalized spacial score (nSPS) is 10.3. The van der Waals surface area contributed by atoms with E-state index in [1.54, 1.807) is 19.1 Å². The Morgan fingerprint density at radius 2 is 1.74 bits per heavy atom. The van der Waals surface area contributed by atoms with E-state index in [0.717, 1.165) is 28.2 Å². The quantitative estimate of drug-likeness (QED) is 0.822. The molecule has 0 radical (unpaired) electrons. The van der Waals surface area contributed by atoms with Gasteiger partial charge in [0.25, 0.3) is 0 Å². The maximum atomic E-state index is 12.4. The third-order valence-corrected chi connectivity index (χ3v) is 3.84. The van der Waals surface area contributed by atoms with Crippen molar-refractivity contribution in [2.24, 2.45) is 0 Å². The van der Waals surface area contributed by atoms with Gasteiger partial charge in [-0.2, -0.15) is 0 Å². The first kappa shape index (κ1) is 16.9. The largest absolute Gasteiger partial charge is 0.496 e. The molecule has 1 amide bonds. The Balaban J connectivity index is 2.04. The summed E-state index contributed by atoms with van der Waals surface area (Å²) in [6.07, 6.45) is 0.372. The minimum absolute atomic E-state index is 0.0699. The number of likely N-dealkylation sites (N-methyl/N-ethyl adjacent to an activating group) is 1. The van der Waals surface area contributed by atoms with Gasteiger partial charge in [-0.3, -0.25) is 4.79 Å². The van der Waals surface area contributed by atoms with Gasteiger partial charge in [-0.1, -0.05) is 30.3 Å². The number of methoxy groups -OCH3 is 2. The highest BCUT2D eigenvalue weighted by atomic mass is 16.5. The van der Waals surface area contributed by atoms with Crippen LogP contribution in [0, 0.1) is 6.92 Å². The predicted octanol–water partition coefficient (Wildman–Crippen LogP) is 3.21. The lowest BCUT2D eigenvalue weighted by molar-refractivity contribution is -0.129. The van der Waals surface area contributed by atoms with Gasteiger partial charge in [0.05, 0.1) is 20.6 Å². The van der Waals surface area contributed by atoms with E-state index < -0.39 is 0 Å². The van der Waals surface area contributed by atoms with Gasteiger partial charge in [-0.15, -0.1) is 0 Å². The molecule has 0 aliphatic carbocycles. The van der Waals surface area contributed by atoms with E-state index in [2.05, 4.69) is 0 Å². The van der Waals surface area contributed by atoms with Gasteiger partial charge in [0.2, 0.25) is 5.91 Å². The molecule has 0 bridgehead atoms. The monoisotopic (exact) mass is 313 g/mol. The van der Waals surface area contributed by atoms with E-state index in [-0.39, 0.29) is 5.91 Å². The van der Waals surface area contributed by atoms with Crippen LogP contribution in [0.15, 0.2) is 42.5 Å². The van der Waals surface area contributed by atoms with E-state index in [1.807, 2.05) is 56.4 Å². The van der Waals surface area contributed by atoms with Crippen molar-refractivity contribution in [1.82, 2.24) is 4.90 Å². The van der Waals surface area contributed by atoms with Crippen molar-refractivity contribution in [1.29, 1.82) is 0 Å². The van der Waals surface area contributed by atoms with Crippen LogP contribution in [-0.2, 0) is 17.8 Å². The van der Waals surface area contributed by atoms with Crippen LogP contribution in [0.4, 0.5) is 0 Å². The van der Waals surface area contributed by atoms with Gasteiger partial charge in [0, 0.05) is 19.2 Å². The van der Waals surface area contributed by atoms with Gasteiger partial charge in [-0.25, -0.2) is 0 Å². The van der Waals surface area contributed by atoms with Crippen molar-refractivity contribution in [3.63, 3.8) is 0 Å². The van der Waals surface area contributed by atoms with E-state index in [0.29, 0.717) is 13.0 Å². The van der Waals surface area contributed by atoms with Gasteiger partial charge >= 0.3 is 0 Å². The Morgan fingerprint density at radius 1 is 1.04 bits per heavy atom. The van der Waals surface area contributed by atoms with Crippen molar-refractivity contribution in [2.45, 2.75) is 19.9 Å². The Hall–Kier alpha value is -2.49. The molecule has 4 heteroatoms. The fourth-order valence-electron chi connectivity index (χ4n) is 2.54. The molecule has 0 spiro atoms. The molecule has 0 N–H and O–H groups in total. The van der Waals surface area contributed by atoms with Gasteiger partial charge < -0.3 is 14.4 Å². The summed E-state index contributed by atoms with van der Waals surface area (Å²) in [4.78, 5) is 14.2. The molecule has 0 aromatic heterocycles. The zero-order chi connectivity index (χ0) is 16.8. The Labute approximate surface area is 137 Å². The molecule has 4 nitrogen and oxygen atoms in total. The minimum atomic E-state index is 0.0699. The Kier molecular flexibility index (Phi) is 5.63. The summed E-state index contributed by atoms with van der Waals surface area (Å²) in [7, 11) is 5.10. The van der Waals surface area contributed by atoms with Gasteiger partial charge in [0.1, 0.15) is 11.5 Å². The second kappa shape index (κ2) is 7.68. The highest BCUT2D eigenvalue weighted by molar-refractivity contribution is 5.78. The third kappa shape index (κ3) is 4.25. The standard InChI is InChI=1S/C19H23NO3/c1-14-11-15(9-10-17(14)22-3)12-19(21)20(2)13-16-7-5-6-8-18(16)23-4/h5-11H,12-13H2,1-4H3. The lowest BCUT2D eigenvalue weighted by Crippen LogP contribution is -2.27. The fraction of sp³-hybridized carbons (Fsp3) is 0.316. The van der Waals surface area contributed by atoms with Crippen molar-refractivity contribution in [3.8, 4) is 11.5 Å². The Morgan fingerprint density at radius 3 is 2.39 bits per heavy atom. The van der Waals surface area contributed by atoms with Crippen LogP contribution < -0.4 is 9.47 Å². The maximum Gasteiger partial charge on any atom is 0.227 e. The second-order valence-corrected chi connectivity index (χ2v) is 5.54. The summed E-state index contributed by atoms with van der Waals surface area (Å²) in [5, 5.41) is 0. The number of benzene rings is 2. The zero-order valence-corrected chi connectivity index (χ0v) is 14.1.